The number of likely N-dealkylation sites (tertiary alicyclic amines) is 1. The van der Waals surface area contributed by atoms with Gasteiger partial charge in [0.2, 0.25) is 0 Å². The van der Waals surface area contributed by atoms with E-state index >= 15 is 0 Å². The normalized spacial score (nSPS) is 15.1. The molecule has 2 heterocycles. The fraction of sp³-hybridized carbons (Fsp3) is 0.429. The largest absolute Gasteiger partial charge is 0.490 e. The molecule has 0 spiro atoms. The van der Waals surface area contributed by atoms with Crippen molar-refractivity contribution in [3.63, 3.8) is 0 Å². The Labute approximate surface area is 176 Å². The number of ether oxygens (including phenoxy) is 1. The Bertz CT molecular complexity index is 1040. The van der Waals surface area contributed by atoms with Crippen LogP contribution < -0.4 is 15.6 Å². The Balaban J connectivity index is 1.61. The van der Waals surface area contributed by atoms with Gasteiger partial charge in [-0.05, 0) is 36.8 Å². The van der Waals surface area contributed by atoms with Crippen LogP contribution in [-0.2, 0) is 9.84 Å². The van der Waals surface area contributed by atoms with Gasteiger partial charge in [0.15, 0.2) is 9.84 Å². The topological polar surface area (TPSA) is 97.7 Å². The summed E-state index contributed by atoms with van der Waals surface area (Å²) in [5, 5.41) is 2.88. The highest BCUT2D eigenvalue weighted by Crippen LogP contribution is 2.19. The number of carbonyl (C=O) groups is 1. The first-order chi connectivity index (χ1) is 14.3. The highest BCUT2D eigenvalue weighted by molar-refractivity contribution is 7.90. The molecule has 8 nitrogen and oxygen atoms in total. The van der Waals surface area contributed by atoms with Gasteiger partial charge in [0.1, 0.15) is 11.9 Å². The molecule has 0 saturated carbocycles. The average molecular weight is 434 g/mol. The average Bonchev–Trinajstić information content (AvgIpc) is 2.72. The molecule has 0 aliphatic carbocycles. The van der Waals surface area contributed by atoms with Crippen molar-refractivity contribution in [1.29, 1.82) is 0 Å². The second-order valence-corrected chi connectivity index (χ2v) is 9.39. The number of benzene rings is 1. The fourth-order valence-corrected chi connectivity index (χ4v) is 3.94. The Morgan fingerprint density at radius 2 is 1.83 bits per heavy atom. The van der Waals surface area contributed by atoms with E-state index in [4.69, 9.17) is 4.74 Å². The zero-order valence-electron chi connectivity index (χ0n) is 17.2. The van der Waals surface area contributed by atoms with Gasteiger partial charge in [0.25, 0.3) is 5.56 Å². The summed E-state index contributed by atoms with van der Waals surface area (Å²) in [5.41, 5.74) is 0.307. The van der Waals surface area contributed by atoms with Gasteiger partial charge in [-0.15, -0.1) is 0 Å². The van der Waals surface area contributed by atoms with Crippen molar-refractivity contribution in [2.75, 3.05) is 25.9 Å². The lowest BCUT2D eigenvalue weighted by atomic mass is 10.1. The molecule has 3 rings (SSSR count). The summed E-state index contributed by atoms with van der Waals surface area (Å²) in [6, 6.07) is 9.24. The molecule has 162 valence electrons. The summed E-state index contributed by atoms with van der Waals surface area (Å²) in [4.78, 5) is 26.5. The van der Waals surface area contributed by atoms with Crippen molar-refractivity contribution < 1.29 is 17.9 Å². The number of sulfone groups is 1. The molecule has 0 atom stereocenters. The monoisotopic (exact) mass is 433 g/mol. The van der Waals surface area contributed by atoms with E-state index in [1.807, 2.05) is 6.92 Å². The van der Waals surface area contributed by atoms with Crippen LogP contribution in [0, 0.1) is 0 Å². The number of piperidine rings is 1. The molecule has 30 heavy (non-hydrogen) atoms. The standard InChI is InChI=1S/C21H27N3O5S/c1-3-11-22-21(26)23-12-8-17(9-13-23)29-18-10-14-24(20(25)15-18)16-4-6-19(7-5-16)30(2,27)28/h4-7,10,14-15,17H,3,8-9,11-13H2,1-2H3,(H,22,26). The van der Waals surface area contributed by atoms with Crippen molar-refractivity contribution >= 4 is 15.9 Å². The van der Waals surface area contributed by atoms with Gasteiger partial charge < -0.3 is 15.0 Å². The van der Waals surface area contributed by atoms with Crippen LogP contribution in [0.2, 0.25) is 0 Å². The van der Waals surface area contributed by atoms with E-state index in [1.165, 1.54) is 22.8 Å². The van der Waals surface area contributed by atoms with Crippen molar-refractivity contribution in [3.8, 4) is 11.4 Å². The molecular weight excluding hydrogens is 406 g/mol. The van der Waals surface area contributed by atoms with Crippen LogP contribution in [0.4, 0.5) is 4.79 Å². The summed E-state index contributed by atoms with van der Waals surface area (Å²) < 4.78 is 30.5. The molecule has 0 unspecified atom stereocenters. The number of pyridine rings is 1. The lowest BCUT2D eigenvalue weighted by Gasteiger charge is -2.32. The zero-order chi connectivity index (χ0) is 21.7. The molecule has 0 radical (unpaired) electrons. The van der Waals surface area contributed by atoms with E-state index in [9.17, 15) is 18.0 Å². The van der Waals surface area contributed by atoms with Crippen LogP contribution >= 0.6 is 0 Å². The molecule has 1 aromatic heterocycles. The summed E-state index contributed by atoms with van der Waals surface area (Å²) in [6.07, 6.45) is 5.01. The number of amides is 2. The predicted octanol–water partition coefficient (Wildman–Crippen LogP) is 2.20. The Kier molecular flexibility index (Phi) is 6.81. The molecule has 1 aliphatic heterocycles. The Hall–Kier alpha value is -2.81. The van der Waals surface area contributed by atoms with Gasteiger partial charge in [-0.3, -0.25) is 9.36 Å². The molecule has 2 amide bonds. The SMILES string of the molecule is CCCNC(=O)N1CCC(Oc2ccn(-c3ccc(S(C)(=O)=O)cc3)c(=O)c2)CC1. The number of urea groups is 1. The summed E-state index contributed by atoms with van der Waals surface area (Å²) in [5.74, 6) is 0.484. The highest BCUT2D eigenvalue weighted by Gasteiger charge is 2.23. The third-order valence-corrected chi connectivity index (χ3v) is 6.12. The Morgan fingerprint density at radius 3 is 2.40 bits per heavy atom. The number of aromatic nitrogens is 1. The number of carbonyl (C=O) groups excluding carboxylic acids is 1. The van der Waals surface area contributed by atoms with Crippen molar-refractivity contribution in [2.45, 2.75) is 37.2 Å². The lowest BCUT2D eigenvalue weighted by Crippen LogP contribution is -2.46. The quantitative estimate of drug-likeness (QED) is 0.753. The third-order valence-electron chi connectivity index (χ3n) is 4.99. The van der Waals surface area contributed by atoms with Gasteiger partial charge in [0.05, 0.1) is 4.90 Å². The minimum absolute atomic E-state index is 0.0419. The number of hydrogen-bond acceptors (Lipinski definition) is 5. The van der Waals surface area contributed by atoms with E-state index in [0.717, 1.165) is 12.7 Å². The van der Waals surface area contributed by atoms with Crippen LogP contribution in [0.3, 0.4) is 0 Å². The summed E-state index contributed by atoms with van der Waals surface area (Å²) in [7, 11) is -3.29. The first-order valence-electron chi connectivity index (χ1n) is 10.0. The third kappa shape index (κ3) is 5.41. The van der Waals surface area contributed by atoms with E-state index in [2.05, 4.69) is 5.32 Å². The molecule has 1 saturated heterocycles. The maximum absolute atomic E-state index is 12.5. The summed E-state index contributed by atoms with van der Waals surface area (Å²) >= 11 is 0. The minimum Gasteiger partial charge on any atom is -0.490 e. The second kappa shape index (κ2) is 9.34. The van der Waals surface area contributed by atoms with Gasteiger partial charge in [-0.1, -0.05) is 6.92 Å². The molecule has 1 aromatic carbocycles. The highest BCUT2D eigenvalue weighted by atomic mass is 32.2. The van der Waals surface area contributed by atoms with Crippen LogP contribution in [0.15, 0.2) is 52.3 Å². The first-order valence-corrected chi connectivity index (χ1v) is 11.9. The molecule has 1 aliphatic rings. The lowest BCUT2D eigenvalue weighted by molar-refractivity contribution is 0.111. The summed E-state index contributed by atoms with van der Waals surface area (Å²) in [6.45, 7) is 3.91. The molecule has 0 bridgehead atoms. The van der Waals surface area contributed by atoms with Gasteiger partial charge >= 0.3 is 6.03 Å². The first kappa shape index (κ1) is 21.9. The molecule has 2 aromatic rings. The van der Waals surface area contributed by atoms with E-state index in [1.54, 1.807) is 29.3 Å². The van der Waals surface area contributed by atoms with E-state index in [0.29, 0.717) is 43.9 Å². The van der Waals surface area contributed by atoms with Crippen LogP contribution in [0.25, 0.3) is 5.69 Å². The van der Waals surface area contributed by atoms with E-state index in [-0.39, 0.29) is 22.6 Å². The minimum atomic E-state index is -3.29. The maximum atomic E-state index is 12.5. The number of nitrogens with one attached hydrogen (secondary N) is 1. The molecular formula is C21H27N3O5S. The molecule has 9 heteroatoms. The van der Waals surface area contributed by atoms with Crippen molar-refractivity contribution in [1.82, 2.24) is 14.8 Å². The van der Waals surface area contributed by atoms with Gasteiger partial charge in [-0.2, -0.15) is 0 Å². The molecule has 1 N–H and O–H groups in total. The van der Waals surface area contributed by atoms with Gasteiger partial charge in [0, 0.05) is 56.7 Å². The van der Waals surface area contributed by atoms with Gasteiger partial charge in [-0.25, -0.2) is 13.2 Å². The van der Waals surface area contributed by atoms with Crippen molar-refractivity contribution in [3.05, 3.63) is 52.9 Å². The Morgan fingerprint density at radius 1 is 1.17 bits per heavy atom. The smallest absolute Gasteiger partial charge is 0.317 e. The predicted molar refractivity (Wildman–Crippen MR) is 114 cm³/mol. The fourth-order valence-electron chi connectivity index (χ4n) is 3.31. The van der Waals surface area contributed by atoms with Crippen LogP contribution in [0.5, 0.6) is 5.75 Å². The number of nitrogens with zero attached hydrogens (tertiary/aromatic N) is 2. The zero-order valence-corrected chi connectivity index (χ0v) is 18.0. The number of hydrogen-bond donors (Lipinski definition) is 1. The van der Waals surface area contributed by atoms with Crippen molar-refractivity contribution in [2.24, 2.45) is 0 Å². The second-order valence-electron chi connectivity index (χ2n) is 7.37. The van der Waals surface area contributed by atoms with Crippen LogP contribution in [-0.4, -0.2) is 55.9 Å². The van der Waals surface area contributed by atoms with Crippen LogP contribution in [0.1, 0.15) is 26.2 Å². The molecule has 1 fully saturated rings. The number of rotatable bonds is 6. The van der Waals surface area contributed by atoms with E-state index < -0.39 is 9.84 Å². The maximum Gasteiger partial charge on any atom is 0.317 e.